The van der Waals surface area contributed by atoms with E-state index in [9.17, 15) is 9.50 Å². The maximum absolute atomic E-state index is 13.5. The third-order valence-corrected chi connectivity index (χ3v) is 2.96. The van der Waals surface area contributed by atoms with Crippen LogP contribution in [-0.2, 0) is 9.47 Å². The first-order chi connectivity index (χ1) is 7.68. The number of hydrogen-bond acceptors (Lipinski definition) is 3. The van der Waals surface area contributed by atoms with Crippen molar-refractivity contribution in [3.05, 3.63) is 34.1 Å². The first-order valence-corrected chi connectivity index (χ1v) is 5.80. The summed E-state index contributed by atoms with van der Waals surface area (Å²) in [6, 6.07) is 4.45. The predicted molar refractivity (Wildman–Crippen MR) is 59.6 cm³/mol. The SMILES string of the molecule is OC(c1cc(Br)ccc1F)C1COCCO1. The highest BCUT2D eigenvalue weighted by molar-refractivity contribution is 9.10. The van der Waals surface area contributed by atoms with Gasteiger partial charge in [0.25, 0.3) is 0 Å². The van der Waals surface area contributed by atoms with Crippen molar-refractivity contribution in [2.45, 2.75) is 12.2 Å². The van der Waals surface area contributed by atoms with E-state index in [0.29, 0.717) is 13.2 Å². The van der Waals surface area contributed by atoms with Crippen molar-refractivity contribution in [2.75, 3.05) is 19.8 Å². The molecule has 1 aromatic rings. The van der Waals surface area contributed by atoms with Gasteiger partial charge in [-0.2, -0.15) is 0 Å². The Morgan fingerprint density at radius 1 is 1.44 bits per heavy atom. The summed E-state index contributed by atoms with van der Waals surface area (Å²) in [5.41, 5.74) is 0.227. The van der Waals surface area contributed by atoms with Gasteiger partial charge in [0.1, 0.15) is 18.0 Å². The molecule has 1 fully saturated rings. The van der Waals surface area contributed by atoms with E-state index in [2.05, 4.69) is 15.9 Å². The van der Waals surface area contributed by atoms with Crippen LogP contribution in [-0.4, -0.2) is 31.0 Å². The summed E-state index contributed by atoms with van der Waals surface area (Å²) < 4.78 is 24.7. The van der Waals surface area contributed by atoms with E-state index >= 15 is 0 Å². The summed E-state index contributed by atoms with van der Waals surface area (Å²) in [4.78, 5) is 0. The molecule has 1 N–H and O–H groups in total. The molecule has 1 saturated heterocycles. The average Bonchev–Trinajstić information content (AvgIpc) is 2.32. The monoisotopic (exact) mass is 290 g/mol. The van der Waals surface area contributed by atoms with Gasteiger partial charge in [0.2, 0.25) is 0 Å². The van der Waals surface area contributed by atoms with Crippen molar-refractivity contribution in [2.24, 2.45) is 0 Å². The minimum atomic E-state index is -1.00. The summed E-state index contributed by atoms with van der Waals surface area (Å²) in [6.07, 6.45) is -1.50. The number of ether oxygens (including phenoxy) is 2. The van der Waals surface area contributed by atoms with Crippen LogP contribution in [0.15, 0.2) is 22.7 Å². The maximum atomic E-state index is 13.5. The molecule has 0 spiro atoms. The van der Waals surface area contributed by atoms with Crippen molar-refractivity contribution in [3.63, 3.8) is 0 Å². The molecular formula is C11H12BrFO3. The van der Waals surface area contributed by atoms with Crippen LogP contribution in [0.3, 0.4) is 0 Å². The Morgan fingerprint density at radius 2 is 2.25 bits per heavy atom. The van der Waals surface area contributed by atoms with Gasteiger partial charge in [0.05, 0.1) is 19.8 Å². The summed E-state index contributed by atoms with van der Waals surface area (Å²) in [6.45, 7) is 1.23. The molecule has 5 heteroatoms. The van der Waals surface area contributed by atoms with Crippen LogP contribution in [0.25, 0.3) is 0 Å². The molecule has 0 aliphatic carbocycles. The van der Waals surface area contributed by atoms with Crippen LogP contribution < -0.4 is 0 Å². The normalized spacial score (nSPS) is 23.1. The van der Waals surface area contributed by atoms with Gasteiger partial charge in [-0.25, -0.2) is 4.39 Å². The standard InChI is InChI=1S/C11H12BrFO3/c12-7-1-2-9(13)8(5-7)11(14)10-6-15-3-4-16-10/h1-2,5,10-11,14H,3-4,6H2. The Balaban J connectivity index is 2.18. The second-order valence-electron chi connectivity index (χ2n) is 3.59. The molecule has 0 saturated carbocycles. The molecule has 3 nitrogen and oxygen atoms in total. The Bertz CT molecular complexity index is 366. The van der Waals surface area contributed by atoms with E-state index < -0.39 is 18.0 Å². The quantitative estimate of drug-likeness (QED) is 0.906. The van der Waals surface area contributed by atoms with Crippen molar-refractivity contribution in [1.82, 2.24) is 0 Å². The molecule has 1 aliphatic rings. The summed E-state index contributed by atoms with van der Waals surface area (Å²) in [5, 5.41) is 9.98. The Labute approximate surface area is 101 Å². The molecular weight excluding hydrogens is 279 g/mol. The first kappa shape index (κ1) is 12.0. The minimum Gasteiger partial charge on any atom is -0.385 e. The number of halogens is 2. The van der Waals surface area contributed by atoms with Crippen molar-refractivity contribution >= 4 is 15.9 Å². The van der Waals surface area contributed by atoms with Gasteiger partial charge in [-0.3, -0.25) is 0 Å². The van der Waals surface area contributed by atoms with Gasteiger partial charge < -0.3 is 14.6 Å². The fourth-order valence-corrected chi connectivity index (χ4v) is 2.01. The fraction of sp³-hybridized carbons (Fsp3) is 0.455. The molecule has 0 bridgehead atoms. The number of hydrogen-bond donors (Lipinski definition) is 1. The van der Waals surface area contributed by atoms with E-state index in [1.165, 1.54) is 6.07 Å². The second-order valence-corrected chi connectivity index (χ2v) is 4.51. The van der Waals surface area contributed by atoms with Gasteiger partial charge in [-0.15, -0.1) is 0 Å². The first-order valence-electron chi connectivity index (χ1n) is 5.01. The summed E-state index contributed by atoms with van der Waals surface area (Å²) >= 11 is 3.24. The lowest BCUT2D eigenvalue weighted by Gasteiger charge is -2.27. The highest BCUT2D eigenvalue weighted by Crippen LogP contribution is 2.26. The van der Waals surface area contributed by atoms with Gasteiger partial charge in [0.15, 0.2) is 0 Å². The molecule has 2 rings (SSSR count). The van der Waals surface area contributed by atoms with Crippen LogP contribution in [0.2, 0.25) is 0 Å². The number of aliphatic hydroxyl groups is 1. The Hall–Kier alpha value is -0.490. The highest BCUT2D eigenvalue weighted by atomic mass is 79.9. The molecule has 0 amide bonds. The number of aliphatic hydroxyl groups excluding tert-OH is 1. The van der Waals surface area contributed by atoms with E-state index in [-0.39, 0.29) is 12.2 Å². The molecule has 88 valence electrons. The van der Waals surface area contributed by atoms with E-state index in [1.807, 2.05) is 0 Å². The Kier molecular flexibility index (Phi) is 3.91. The summed E-state index contributed by atoms with van der Waals surface area (Å²) in [7, 11) is 0. The minimum absolute atomic E-state index is 0.227. The van der Waals surface area contributed by atoms with Gasteiger partial charge >= 0.3 is 0 Å². The zero-order chi connectivity index (χ0) is 11.5. The molecule has 1 heterocycles. The lowest BCUT2D eigenvalue weighted by atomic mass is 10.0. The molecule has 2 atom stereocenters. The predicted octanol–water partition coefficient (Wildman–Crippen LogP) is 2.04. The average molecular weight is 291 g/mol. The molecule has 0 radical (unpaired) electrons. The molecule has 0 aromatic heterocycles. The van der Waals surface area contributed by atoms with E-state index in [0.717, 1.165) is 4.47 Å². The largest absolute Gasteiger partial charge is 0.385 e. The van der Waals surface area contributed by atoms with E-state index in [1.54, 1.807) is 12.1 Å². The zero-order valence-corrected chi connectivity index (χ0v) is 10.1. The van der Waals surface area contributed by atoms with Crippen molar-refractivity contribution in [1.29, 1.82) is 0 Å². The van der Waals surface area contributed by atoms with E-state index in [4.69, 9.17) is 9.47 Å². The van der Waals surface area contributed by atoms with Crippen LogP contribution in [0, 0.1) is 5.82 Å². The highest BCUT2D eigenvalue weighted by Gasteiger charge is 2.26. The number of rotatable bonds is 2. The summed E-state index contributed by atoms with van der Waals surface area (Å²) in [5.74, 6) is -0.440. The molecule has 2 unspecified atom stereocenters. The molecule has 1 aromatic carbocycles. The van der Waals surface area contributed by atoms with Crippen molar-refractivity contribution in [3.8, 4) is 0 Å². The van der Waals surface area contributed by atoms with Crippen LogP contribution >= 0.6 is 15.9 Å². The maximum Gasteiger partial charge on any atom is 0.129 e. The Morgan fingerprint density at radius 3 is 2.94 bits per heavy atom. The third-order valence-electron chi connectivity index (χ3n) is 2.47. The lowest BCUT2D eigenvalue weighted by Crippen LogP contribution is -2.34. The van der Waals surface area contributed by atoms with Gasteiger partial charge in [-0.1, -0.05) is 15.9 Å². The molecule has 16 heavy (non-hydrogen) atoms. The zero-order valence-electron chi connectivity index (χ0n) is 8.53. The molecule has 1 aliphatic heterocycles. The topological polar surface area (TPSA) is 38.7 Å². The fourth-order valence-electron chi connectivity index (χ4n) is 1.63. The van der Waals surface area contributed by atoms with Gasteiger partial charge in [0, 0.05) is 10.0 Å². The van der Waals surface area contributed by atoms with Crippen LogP contribution in [0.5, 0.6) is 0 Å². The van der Waals surface area contributed by atoms with Crippen molar-refractivity contribution < 1.29 is 19.0 Å². The van der Waals surface area contributed by atoms with Crippen LogP contribution in [0.1, 0.15) is 11.7 Å². The van der Waals surface area contributed by atoms with Crippen LogP contribution in [0.4, 0.5) is 4.39 Å². The lowest BCUT2D eigenvalue weighted by molar-refractivity contribution is -0.134. The third kappa shape index (κ3) is 2.60. The van der Waals surface area contributed by atoms with Gasteiger partial charge in [-0.05, 0) is 18.2 Å². The number of benzene rings is 1. The smallest absolute Gasteiger partial charge is 0.129 e. The second kappa shape index (κ2) is 5.23.